The van der Waals surface area contributed by atoms with Crippen LogP contribution in [0.25, 0.3) is 0 Å². The molecule has 0 radical (unpaired) electrons. The maximum absolute atomic E-state index is 12.6. The first-order valence-corrected chi connectivity index (χ1v) is 9.30. The van der Waals surface area contributed by atoms with Crippen molar-refractivity contribution in [3.8, 4) is 0 Å². The maximum atomic E-state index is 12.6. The van der Waals surface area contributed by atoms with E-state index in [2.05, 4.69) is 18.8 Å². The Morgan fingerprint density at radius 2 is 2.00 bits per heavy atom. The lowest BCUT2D eigenvalue weighted by atomic mass is 10.1. The van der Waals surface area contributed by atoms with E-state index in [1.807, 2.05) is 0 Å². The molecule has 2 rings (SSSR count). The van der Waals surface area contributed by atoms with Crippen molar-refractivity contribution in [1.29, 1.82) is 0 Å². The molecule has 0 unspecified atom stereocenters. The third kappa shape index (κ3) is 3.24. The molecule has 0 amide bonds. The number of hydrogen-bond donors (Lipinski definition) is 1. The minimum atomic E-state index is -3.54. The van der Waals surface area contributed by atoms with Crippen molar-refractivity contribution in [2.45, 2.75) is 36.1 Å². The number of thiazole rings is 1. The lowest BCUT2D eigenvalue weighted by Gasteiger charge is -2.22. The van der Waals surface area contributed by atoms with E-state index in [0.717, 1.165) is 23.5 Å². The largest absolute Gasteiger partial charge is 0.315 e. The predicted octanol–water partition coefficient (Wildman–Crippen LogP) is 1.65. The molecule has 0 atom stereocenters. The SMILES string of the molecule is Cc1[nH]c(=O)sc1S(=O)(=O)N1CCSC(C)(C)CC1. The first-order chi connectivity index (χ1) is 8.72. The molecule has 1 fully saturated rings. The molecule has 0 aromatic carbocycles. The average Bonchev–Trinajstić information content (AvgIpc) is 2.52. The van der Waals surface area contributed by atoms with Gasteiger partial charge >= 0.3 is 4.87 Å². The number of aromatic amines is 1. The number of thioether (sulfide) groups is 1. The van der Waals surface area contributed by atoms with Gasteiger partial charge in [-0.2, -0.15) is 16.1 Å². The molecule has 5 nitrogen and oxygen atoms in total. The molecule has 0 aliphatic carbocycles. The van der Waals surface area contributed by atoms with Gasteiger partial charge in [0, 0.05) is 29.3 Å². The third-order valence-electron chi connectivity index (χ3n) is 3.15. The highest BCUT2D eigenvalue weighted by atomic mass is 32.2. The van der Waals surface area contributed by atoms with Gasteiger partial charge in [0.1, 0.15) is 0 Å². The highest BCUT2D eigenvalue weighted by molar-refractivity contribution is 8.00. The summed E-state index contributed by atoms with van der Waals surface area (Å²) in [7, 11) is -3.54. The molecule has 0 bridgehead atoms. The summed E-state index contributed by atoms with van der Waals surface area (Å²) in [4.78, 5) is 13.5. The van der Waals surface area contributed by atoms with E-state index in [1.54, 1.807) is 18.7 Å². The van der Waals surface area contributed by atoms with E-state index in [9.17, 15) is 13.2 Å². The van der Waals surface area contributed by atoms with Crippen LogP contribution in [-0.4, -0.2) is 41.3 Å². The molecule has 1 saturated heterocycles. The maximum Gasteiger partial charge on any atom is 0.305 e. The van der Waals surface area contributed by atoms with Gasteiger partial charge in [0.05, 0.1) is 0 Å². The molecular formula is C11H18N2O3S3. The van der Waals surface area contributed by atoms with Crippen LogP contribution < -0.4 is 4.87 Å². The summed E-state index contributed by atoms with van der Waals surface area (Å²) in [6, 6.07) is 0. The number of sulfonamides is 1. The summed E-state index contributed by atoms with van der Waals surface area (Å²) in [6.45, 7) is 6.90. The predicted molar refractivity (Wildman–Crippen MR) is 79.6 cm³/mol. The summed E-state index contributed by atoms with van der Waals surface area (Å²) >= 11 is 2.57. The van der Waals surface area contributed by atoms with Crippen LogP contribution in [0.15, 0.2) is 9.00 Å². The molecule has 108 valence electrons. The van der Waals surface area contributed by atoms with Gasteiger partial charge in [0.15, 0.2) is 4.21 Å². The third-order valence-corrected chi connectivity index (χ3v) is 8.01. The number of aromatic nitrogens is 1. The van der Waals surface area contributed by atoms with Crippen LogP contribution in [0.2, 0.25) is 0 Å². The van der Waals surface area contributed by atoms with Gasteiger partial charge in [-0.1, -0.05) is 25.2 Å². The molecule has 0 saturated carbocycles. The van der Waals surface area contributed by atoms with Crippen LogP contribution in [0.1, 0.15) is 26.0 Å². The van der Waals surface area contributed by atoms with Crippen molar-refractivity contribution in [2.75, 3.05) is 18.8 Å². The minimum absolute atomic E-state index is 0.102. The van der Waals surface area contributed by atoms with Gasteiger partial charge in [-0.25, -0.2) is 8.42 Å². The number of hydrogen-bond acceptors (Lipinski definition) is 5. The Bertz CT molecular complexity index is 615. The quantitative estimate of drug-likeness (QED) is 0.899. The number of aryl methyl sites for hydroxylation is 1. The number of nitrogens with zero attached hydrogens (tertiary/aromatic N) is 1. The molecule has 8 heteroatoms. The van der Waals surface area contributed by atoms with Crippen molar-refractivity contribution < 1.29 is 8.42 Å². The van der Waals surface area contributed by atoms with Crippen LogP contribution in [0.5, 0.6) is 0 Å². The first kappa shape index (κ1) is 15.1. The zero-order valence-corrected chi connectivity index (χ0v) is 13.7. The topological polar surface area (TPSA) is 70.2 Å². The smallest absolute Gasteiger partial charge is 0.305 e. The Hall–Kier alpha value is -0.310. The zero-order valence-electron chi connectivity index (χ0n) is 11.2. The number of nitrogens with one attached hydrogen (secondary N) is 1. The monoisotopic (exact) mass is 322 g/mol. The van der Waals surface area contributed by atoms with Crippen LogP contribution >= 0.6 is 23.1 Å². The zero-order chi connectivity index (χ0) is 14.3. The molecule has 1 aliphatic heterocycles. The fourth-order valence-corrected chi connectivity index (χ4v) is 6.09. The van der Waals surface area contributed by atoms with E-state index in [-0.39, 0.29) is 13.8 Å². The minimum Gasteiger partial charge on any atom is -0.315 e. The molecule has 0 spiro atoms. The lowest BCUT2D eigenvalue weighted by Crippen LogP contribution is -2.33. The Labute approximate surface area is 121 Å². The molecule has 2 heterocycles. The van der Waals surface area contributed by atoms with Crippen LogP contribution in [0.4, 0.5) is 0 Å². The molecule has 1 aromatic rings. The van der Waals surface area contributed by atoms with Crippen molar-refractivity contribution in [2.24, 2.45) is 0 Å². The second-order valence-corrected chi connectivity index (χ2v) is 10.1. The summed E-state index contributed by atoms with van der Waals surface area (Å²) in [6.07, 6.45) is 0.815. The van der Waals surface area contributed by atoms with Crippen LogP contribution in [-0.2, 0) is 10.0 Å². The first-order valence-electron chi connectivity index (χ1n) is 6.06. The standard InChI is InChI=1S/C11H18N2O3S3/c1-8-9(18-10(14)12-8)19(15,16)13-5-4-11(2,3)17-7-6-13/h4-7H2,1-3H3,(H,12,14). The number of rotatable bonds is 2. The highest BCUT2D eigenvalue weighted by Crippen LogP contribution is 2.33. The van der Waals surface area contributed by atoms with E-state index >= 15 is 0 Å². The summed E-state index contributed by atoms with van der Waals surface area (Å²) in [5.41, 5.74) is 0.436. The van der Waals surface area contributed by atoms with Crippen molar-refractivity contribution in [3.05, 3.63) is 15.4 Å². The van der Waals surface area contributed by atoms with Crippen LogP contribution in [0.3, 0.4) is 0 Å². The van der Waals surface area contributed by atoms with Gasteiger partial charge in [0.2, 0.25) is 0 Å². The fourth-order valence-electron chi connectivity index (χ4n) is 2.00. The van der Waals surface area contributed by atoms with E-state index in [4.69, 9.17) is 0 Å². The van der Waals surface area contributed by atoms with Crippen molar-refractivity contribution in [1.82, 2.24) is 9.29 Å². The molecule has 1 aliphatic rings. The Morgan fingerprint density at radius 3 is 2.58 bits per heavy atom. The summed E-state index contributed by atoms with van der Waals surface area (Å²) in [5.74, 6) is 0.782. The van der Waals surface area contributed by atoms with E-state index in [0.29, 0.717) is 18.8 Å². The van der Waals surface area contributed by atoms with Gasteiger partial charge in [-0.3, -0.25) is 4.79 Å². The average molecular weight is 322 g/mol. The van der Waals surface area contributed by atoms with Gasteiger partial charge in [-0.05, 0) is 13.3 Å². The molecular weight excluding hydrogens is 304 g/mol. The lowest BCUT2D eigenvalue weighted by molar-refractivity contribution is 0.416. The van der Waals surface area contributed by atoms with Crippen LogP contribution in [0, 0.1) is 6.92 Å². The van der Waals surface area contributed by atoms with E-state index < -0.39 is 10.0 Å². The second-order valence-electron chi connectivity index (χ2n) is 5.19. The van der Waals surface area contributed by atoms with Gasteiger partial charge in [-0.15, -0.1) is 0 Å². The second kappa shape index (κ2) is 5.23. The molecule has 19 heavy (non-hydrogen) atoms. The fraction of sp³-hybridized carbons (Fsp3) is 0.727. The van der Waals surface area contributed by atoms with Gasteiger partial charge < -0.3 is 4.98 Å². The number of H-pyrrole nitrogens is 1. The van der Waals surface area contributed by atoms with E-state index in [1.165, 1.54) is 4.31 Å². The van der Waals surface area contributed by atoms with Crippen molar-refractivity contribution >= 4 is 33.1 Å². The Kier molecular flexibility index (Phi) is 4.15. The highest BCUT2D eigenvalue weighted by Gasteiger charge is 2.32. The van der Waals surface area contributed by atoms with Gasteiger partial charge in [0.25, 0.3) is 10.0 Å². The van der Waals surface area contributed by atoms with Crippen molar-refractivity contribution in [3.63, 3.8) is 0 Å². The molecule has 1 aromatic heterocycles. The Balaban J connectivity index is 2.30. The summed E-state index contributed by atoms with van der Waals surface area (Å²) < 4.78 is 26.9. The summed E-state index contributed by atoms with van der Waals surface area (Å²) in [5, 5.41) is 0. The Morgan fingerprint density at radius 1 is 1.32 bits per heavy atom. The molecule has 1 N–H and O–H groups in total. The normalized spacial score (nSPS) is 21.2.